The number of pyridine rings is 1. The van der Waals surface area contributed by atoms with Crippen LogP contribution in [0.15, 0.2) is 47.1 Å². The Balaban J connectivity index is 2.17. The van der Waals surface area contributed by atoms with E-state index in [0.29, 0.717) is 15.7 Å². The van der Waals surface area contributed by atoms with E-state index in [1.54, 1.807) is 0 Å². The highest BCUT2D eigenvalue weighted by molar-refractivity contribution is 9.10. The van der Waals surface area contributed by atoms with Gasteiger partial charge in [-0.2, -0.15) is 18.3 Å². The molecular weight excluding hydrogens is 345 g/mol. The topological polar surface area (TPSA) is 17.3 Å². The van der Waals surface area contributed by atoms with Crippen molar-refractivity contribution in [3.8, 4) is 11.3 Å². The number of nitrogens with zero attached hydrogens (tertiary/aromatic N) is 2. The standard InChI is InChI=1S/C15H10BrF3N2/c1-9-2-4-10(5-3-9)14-13(16)12-7-6-11(15(17,18)19)8-21(12)20-14/h2-8H,1H3. The molecule has 2 aromatic heterocycles. The number of fused-ring (bicyclic) bond motifs is 1. The smallest absolute Gasteiger partial charge is 0.239 e. The lowest BCUT2D eigenvalue weighted by molar-refractivity contribution is -0.137. The van der Waals surface area contributed by atoms with Crippen molar-refractivity contribution < 1.29 is 13.2 Å². The van der Waals surface area contributed by atoms with Crippen LogP contribution in [0.4, 0.5) is 13.2 Å². The van der Waals surface area contributed by atoms with Crippen molar-refractivity contribution in [1.29, 1.82) is 0 Å². The third kappa shape index (κ3) is 2.55. The van der Waals surface area contributed by atoms with Crippen LogP contribution in [0.2, 0.25) is 0 Å². The maximum atomic E-state index is 12.7. The third-order valence-electron chi connectivity index (χ3n) is 3.22. The first-order valence-electron chi connectivity index (χ1n) is 6.18. The molecule has 0 fully saturated rings. The van der Waals surface area contributed by atoms with E-state index in [1.165, 1.54) is 10.6 Å². The number of halogens is 4. The molecule has 21 heavy (non-hydrogen) atoms. The van der Waals surface area contributed by atoms with Crippen molar-refractivity contribution in [3.63, 3.8) is 0 Å². The number of hydrogen-bond acceptors (Lipinski definition) is 1. The minimum atomic E-state index is -4.38. The molecule has 2 nitrogen and oxygen atoms in total. The lowest BCUT2D eigenvalue weighted by Crippen LogP contribution is -2.06. The predicted octanol–water partition coefficient (Wildman–Crippen LogP) is 5.09. The van der Waals surface area contributed by atoms with Crippen molar-refractivity contribution in [2.24, 2.45) is 0 Å². The molecule has 0 atom stereocenters. The van der Waals surface area contributed by atoms with E-state index in [4.69, 9.17) is 0 Å². The molecule has 0 amide bonds. The second kappa shape index (κ2) is 4.87. The molecule has 3 aromatic rings. The van der Waals surface area contributed by atoms with E-state index in [0.717, 1.165) is 23.4 Å². The molecule has 0 bridgehead atoms. The van der Waals surface area contributed by atoms with E-state index < -0.39 is 11.7 Å². The zero-order chi connectivity index (χ0) is 15.2. The van der Waals surface area contributed by atoms with Crippen molar-refractivity contribution in [2.45, 2.75) is 13.1 Å². The van der Waals surface area contributed by atoms with Crippen LogP contribution in [0.1, 0.15) is 11.1 Å². The van der Waals surface area contributed by atoms with E-state index >= 15 is 0 Å². The lowest BCUT2D eigenvalue weighted by atomic mass is 10.1. The van der Waals surface area contributed by atoms with Crippen LogP contribution in [-0.2, 0) is 6.18 Å². The summed E-state index contributed by atoms with van der Waals surface area (Å²) in [5, 5.41) is 4.26. The third-order valence-corrected chi connectivity index (χ3v) is 4.00. The van der Waals surface area contributed by atoms with E-state index in [-0.39, 0.29) is 0 Å². The van der Waals surface area contributed by atoms with Crippen LogP contribution in [0, 0.1) is 6.92 Å². The van der Waals surface area contributed by atoms with Crippen LogP contribution < -0.4 is 0 Å². The number of rotatable bonds is 1. The maximum absolute atomic E-state index is 12.7. The number of aromatic nitrogens is 2. The van der Waals surface area contributed by atoms with E-state index in [1.807, 2.05) is 31.2 Å². The summed E-state index contributed by atoms with van der Waals surface area (Å²) in [4.78, 5) is 0. The molecule has 0 saturated heterocycles. The van der Waals surface area contributed by atoms with Crippen LogP contribution in [0.25, 0.3) is 16.8 Å². The van der Waals surface area contributed by atoms with Crippen molar-refractivity contribution in [3.05, 3.63) is 58.2 Å². The van der Waals surface area contributed by atoms with E-state index in [9.17, 15) is 13.2 Å². The van der Waals surface area contributed by atoms with E-state index in [2.05, 4.69) is 21.0 Å². The minimum absolute atomic E-state index is 0.596. The van der Waals surface area contributed by atoms with Gasteiger partial charge in [-0.3, -0.25) is 0 Å². The van der Waals surface area contributed by atoms with Gasteiger partial charge in [0.25, 0.3) is 0 Å². The summed E-state index contributed by atoms with van der Waals surface area (Å²) in [5.41, 5.74) is 2.45. The summed E-state index contributed by atoms with van der Waals surface area (Å²) >= 11 is 3.42. The fourth-order valence-electron chi connectivity index (χ4n) is 2.08. The maximum Gasteiger partial charge on any atom is 0.417 e. The van der Waals surface area contributed by atoms with Gasteiger partial charge in [0.2, 0.25) is 0 Å². The Morgan fingerprint density at radius 3 is 2.33 bits per heavy atom. The summed E-state index contributed by atoms with van der Waals surface area (Å²) in [7, 11) is 0. The Hall–Kier alpha value is -1.82. The van der Waals surface area contributed by atoms with Crippen molar-refractivity contribution in [1.82, 2.24) is 9.61 Å². The zero-order valence-corrected chi connectivity index (χ0v) is 12.5. The molecule has 0 unspecified atom stereocenters. The summed E-state index contributed by atoms with van der Waals surface area (Å²) in [6.45, 7) is 1.97. The van der Waals surface area contributed by atoms with Gasteiger partial charge in [0.1, 0.15) is 5.69 Å². The SMILES string of the molecule is Cc1ccc(-c2nn3cc(C(F)(F)F)ccc3c2Br)cc1. The highest BCUT2D eigenvalue weighted by atomic mass is 79.9. The monoisotopic (exact) mass is 354 g/mol. The second-order valence-electron chi connectivity index (χ2n) is 4.77. The van der Waals surface area contributed by atoms with Crippen LogP contribution >= 0.6 is 15.9 Å². The van der Waals surface area contributed by atoms with Crippen molar-refractivity contribution in [2.75, 3.05) is 0 Å². The molecule has 108 valence electrons. The number of benzene rings is 1. The van der Waals surface area contributed by atoms with Gasteiger partial charge in [-0.15, -0.1) is 0 Å². The average Bonchev–Trinajstić information content (AvgIpc) is 2.76. The van der Waals surface area contributed by atoms with Gasteiger partial charge < -0.3 is 0 Å². The van der Waals surface area contributed by atoms with Crippen LogP contribution in [0.5, 0.6) is 0 Å². The molecule has 6 heteroatoms. The molecule has 3 rings (SSSR count). The summed E-state index contributed by atoms with van der Waals surface area (Å²) in [6.07, 6.45) is -3.38. The molecule has 0 radical (unpaired) electrons. The van der Waals surface area contributed by atoms with Gasteiger partial charge in [-0.1, -0.05) is 29.8 Å². The molecule has 1 aromatic carbocycles. The van der Waals surface area contributed by atoms with Crippen molar-refractivity contribution >= 4 is 21.4 Å². The first kappa shape index (κ1) is 14.1. The Bertz CT molecular complexity index is 804. The Labute approximate surface area is 127 Å². The van der Waals surface area contributed by atoms with Crippen LogP contribution in [0.3, 0.4) is 0 Å². The molecule has 0 saturated carbocycles. The summed E-state index contributed by atoms with van der Waals surface area (Å²) in [6, 6.07) is 10.1. The first-order valence-corrected chi connectivity index (χ1v) is 6.98. The molecule has 0 spiro atoms. The Morgan fingerprint density at radius 1 is 1.05 bits per heavy atom. The van der Waals surface area contributed by atoms with Gasteiger partial charge in [0, 0.05) is 11.8 Å². The van der Waals surface area contributed by atoms with Crippen LogP contribution in [-0.4, -0.2) is 9.61 Å². The molecule has 2 heterocycles. The minimum Gasteiger partial charge on any atom is -0.239 e. The highest BCUT2D eigenvalue weighted by Gasteiger charge is 2.31. The fourth-order valence-corrected chi connectivity index (χ4v) is 2.70. The molecule has 0 aliphatic heterocycles. The highest BCUT2D eigenvalue weighted by Crippen LogP contribution is 2.34. The summed E-state index contributed by atoms with van der Waals surface area (Å²) < 4.78 is 40.1. The molecule has 0 aliphatic rings. The summed E-state index contributed by atoms with van der Waals surface area (Å²) in [5.74, 6) is 0. The normalized spacial score (nSPS) is 12.0. The predicted molar refractivity (Wildman–Crippen MR) is 78.1 cm³/mol. The van der Waals surface area contributed by atoms with Gasteiger partial charge in [0.15, 0.2) is 0 Å². The fraction of sp³-hybridized carbons (Fsp3) is 0.133. The number of alkyl halides is 3. The lowest BCUT2D eigenvalue weighted by Gasteiger charge is -2.05. The largest absolute Gasteiger partial charge is 0.417 e. The average molecular weight is 355 g/mol. The van der Waals surface area contributed by atoms with Gasteiger partial charge in [0.05, 0.1) is 15.6 Å². The molecular formula is C15H10BrF3N2. The second-order valence-corrected chi connectivity index (χ2v) is 5.57. The van der Waals surface area contributed by atoms with Gasteiger partial charge in [-0.05, 0) is 35.0 Å². The molecule has 0 N–H and O–H groups in total. The number of hydrogen-bond donors (Lipinski definition) is 0. The number of aryl methyl sites for hydroxylation is 1. The first-order chi connectivity index (χ1) is 9.86. The van der Waals surface area contributed by atoms with Gasteiger partial charge in [-0.25, -0.2) is 4.52 Å². The molecule has 0 aliphatic carbocycles. The Morgan fingerprint density at radius 2 is 1.71 bits per heavy atom. The zero-order valence-electron chi connectivity index (χ0n) is 10.9. The Kier molecular flexibility index (Phi) is 3.28. The quantitative estimate of drug-likeness (QED) is 0.594. The van der Waals surface area contributed by atoms with Gasteiger partial charge >= 0.3 is 6.18 Å².